The average molecular weight is 337 g/mol. The molecular formula is C16H14Cl2N2O2. The van der Waals surface area contributed by atoms with E-state index in [1.54, 1.807) is 11.1 Å². The van der Waals surface area contributed by atoms with Crippen LogP contribution in [0.15, 0.2) is 36.7 Å². The van der Waals surface area contributed by atoms with Gasteiger partial charge < -0.3 is 10.0 Å². The van der Waals surface area contributed by atoms with Gasteiger partial charge in [0.25, 0.3) is 5.91 Å². The topological polar surface area (TPSA) is 53.4 Å². The lowest BCUT2D eigenvalue weighted by Crippen LogP contribution is -2.28. The fraction of sp³-hybridized carbons (Fsp3) is 0.250. The number of amides is 1. The zero-order valence-corrected chi connectivity index (χ0v) is 13.2. The Morgan fingerprint density at radius 1 is 1.36 bits per heavy atom. The number of phenols is 1. The van der Waals surface area contributed by atoms with Crippen molar-refractivity contribution in [2.75, 3.05) is 13.1 Å². The second-order valence-electron chi connectivity index (χ2n) is 5.30. The number of likely N-dealkylation sites (tertiary alicyclic amines) is 1. The molecule has 1 unspecified atom stereocenters. The lowest BCUT2D eigenvalue weighted by atomic mass is 10.0. The fourth-order valence-electron chi connectivity index (χ4n) is 2.76. The Balaban J connectivity index is 1.80. The Morgan fingerprint density at radius 2 is 2.18 bits per heavy atom. The summed E-state index contributed by atoms with van der Waals surface area (Å²) in [7, 11) is 0. The molecule has 4 nitrogen and oxygen atoms in total. The SMILES string of the molecule is O=C(c1c(O)cc(Cl)cc1Cl)N1CCC(c2cccnc2)C1. The van der Waals surface area contributed by atoms with Crippen LogP contribution in [-0.2, 0) is 0 Å². The van der Waals surface area contributed by atoms with Crippen molar-refractivity contribution in [2.24, 2.45) is 0 Å². The number of carbonyl (C=O) groups excluding carboxylic acids is 1. The predicted molar refractivity (Wildman–Crippen MR) is 85.6 cm³/mol. The number of aromatic nitrogens is 1. The molecule has 0 spiro atoms. The van der Waals surface area contributed by atoms with E-state index in [0.717, 1.165) is 12.0 Å². The molecule has 1 N–H and O–H groups in total. The molecule has 22 heavy (non-hydrogen) atoms. The number of benzene rings is 1. The van der Waals surface area contributed by atoms with Gasteiger partial charge in [0, 0.05) is 36.4 Å². The zero-order chi connectivity index (χ0) is 15.7. The molecule has 0 saturated carbocycles. The molecule has 1 aliphatic heterocycles. The summed E-state index contributed by atoms with van der Waals surface area (Å²) in [5.41, 5.74) is 1.22. The minimum Gasteiger partial charge on any atom is -0.507 e. The van der Waals surface area contributed by atoms with E-state index >= 15 is 0 Å². The second-order valence-corrected chi connectivity index (χ2v) is 6.15. The average Bonchev–Trinajstić information content (AvgIpc) is 2.97. The summed E-state index contributed by atoms with van der Waals surface area (Å²) >= 11 is 11.9. The fourth-order valence-corrected chi connectivity index (χ4v) is 3.33. The maximum absolute atomic E-state index is 12.6. The third-order valence-electron chi connectivity index (χ3n) is 3.88. The van der Waals surface area contributed by atoms with E-state index in [2.05, 4.69) is 4.98 Å². The Morgan fingerprint density at radius 3 is 2.86 bits per heavy atom. The lowest BCUT2D eigenvalue weighted by molar-refractivity contribution is 0.0788. The molecule has 0 bridgehead atoms. The minimum absolute atomic E-state index is 0.109. The molecule has 1 amide bonds. The van der Waals surface area contributed by atoms with E-state index in [9.17, 15) is 9.90 Å². The summed E-state index contributed by atoms with van der Waals surface area (Å²) in [5, 5.41) is 10.4. The van der Waals surface area contributed by atoms with E-state index < -0.39 is 0 Å². The van der Waals surface area contributed by atoms with Crippen molar-refractivity contribution in [1.29, 1.82) is 0 Å². The number of hydrogen-bond donors (Lipinski definition) is 1. The molecule has 2 aromatic rings. The summed E-state index contributed by atoms with van der Waals surface area (Å²) in [6, 6.07) is 6.69. The van der Waals surface area contributed by atoms with Gasteiger partial charge in [0.05, 0.1) is 10.6 Å². The van der Waals surface area contributed by atoms with E-state index in [1.165, 1.54) is 12.1 Å². The van der Waals surface area contributed by atoms with Crippen LogP contribution in [0.5, 0.6) is 5.75 Å². The first kappa shape index (κ1) is 15.1. The highest BCUT2D eigenvalue weighted by atomic mass is 35.5. The van der Waals surface area contributed by atoms with Gasteiger partial charge in [-0.15, -0.1) is 0 Å². The monoisotopic (exact) mass is 336 g/mol. The molecule has 2 heterocycles. The number of aromatic hydroxyl groups is 1. The summed E-state index contributed by atoms with van der Waals surface area (Å²) < 4.78 is 0. The minimum atomic E-state index is -0.273. The van der Waals surface area contributed by atoms with Crippen molar-refractivity contribution in [3.05, 3.63) is 57.8 Å². The van der Waals surface area contributed by atoms with Crippen LogP contribution in [0.3, 0.4) is 0 Å². The third kappa shape index (κ3) is 2.89. The second kappa shape index (κ2) is 6.15. The van der Waals surface area contributed by atoms with Gasteiger partial charge in [-0.3, -0.25) is 9.78 Å². The smallest absolute Gasteiger partial charge is 0.259 e. The number of nitrogens with zero attached hydrogens (tertiary/aromatic N) is 2. The van der Waals surface area contributed by atoms with Crippen molar-refractivity contribution >= 4 is 29.1 Å². The van der Waals surface area contributed by atoms with E-state index in [-0.39, 0.29) is 28.2 Å². The number of pyridine rings is 1. The van der Waals surface area contributed by atoms with Gasteiger partial charge in [0.2, 0.25) is 0 Å². The third-order valence-corrected chi connectivity index (χ3v) is 4.40. The van der Waals surface area contributed by atoms with Crippen LogP contribution in [0.1, 0.15) is 28.3 Å². The van der Waals surface area contributed by atoms with Crippen molar-refractivity contribution in [2.45, 2.75) is 12.3 Å². The first-order valence-corrected chi connectivity index (χ1v) is 7.69. The van der Waals surface area contributed by atoms with Gasteiger partial charge in [-0.1, -0.05) is 29.3 Å². The molecule has 0 radical (unpaired) electrons. The van der Waals surface area contributed by atoms with Gasteiger partial charge in [-0.05, 0) is 30.2 Å². The quantitative estimate of drug-likeness (QED) is 0.909. The van der Waals surface area contributed by atoms with Crippen LogP contribution in [-0.4, -0.2) is 34.0 Å². The van der Waals surface area contributed by atoms with Crippen molar-refractivity contribution in [3.63, 3.8) is 0 Å². The Hall–Kier alpha value is -1.78. The molecule has 114 valence electrons. The Kier molecular flexibility index (Phi) is 4.23. The van der Waals surface area contributed by atoms with Gasteiger partial charge in [-0.2, -0.15) is 0 Å². The number of rotatable bonds is 2. The van der Waals surface area contributed by atoms with Crippen molar-refractivity contribution in [1.82, 2.24) is 9.88 Å². The predicted octanol–water partition coefficient (Wildman–Crippen LogP) is 3.72. The standard InChI is InChI=1S/C16H14Cl2N2O2/c17-12-6-13(18)15(14(21)7-12)16(22)20-5-3-11(9-20)10-2-1-4-19-8-10/h1-2,4,6-8,11,21H,3,5,9H2. The van der Waals surface area contributed by atoms with Gasteiger partial charge in [0.15, 0.2) is 0 Å². The van der Waals surface area contributed by atoms with Crippen LogP contribution < -0.4 is 0 Å². The van der Waals surface area contributed by atoms with Crippen LogP contribution in [0.4, 0.5) is 0 Å². The molecule has 1 atom stereocenters. The van der Waals surface area contributed by atoms with Crippen LogP contribution in [0.25, 0.3) is 0 Å². The van der Waals surface area contributed by atoms with E-state index in [4.69, 9.17) is 23.2 Å². The number of hydrogen-bond acceptors (Lipinski definition) is 3. The van der Waals surface area contributed by atoms with E-state index in [0.29, 0.717) is 18.1 Å². The first-order chi connectivity index (χ1) is 10.6. The van der Waals surface area contributed by atoms with Crippen molar-refractivity contribution in [3.8, 4) is 5.75 Å². The molecule has 0 aliphatic carbocycles. The molecule has 1 saturated heterocycles. The largest absolute Gasteiger partial charge is 0.507 e. The highest BCUT2D eigenvalue weighted by molar-refractivity contribution is 6.37. The number of carbonyl (C=O) groups is 1. The highest BCUT2D eigenvalue weighted by Gasteiger charge is 2.30. The Labute approximate surface area is 138 Å². The summed E-state index contributed by atoms with van der Waals surface area (Å²) in [4.78, 5) is 18.4. The summed E-state index contributed by atoms with van der Waals surface area (Å²) in [6.07, 6.45) is 4.42. The van der Waals surface area contributed by atoms with E-state index in [1.807, 2.05) is 18.3 Å². The van der Waals surface area contributed by atoms with Gasteiger partial charge in [0.1, 0.15) is 5.75 Å². The maximum atomic E-state index is 12.6. The molecule has 3 rings (SSSR count). The summed E-state index contributed by atoms with van der Waals surface area (Å²) in [5.74, 6) is -0.205. The Bertz CT molecular complexity index is 684. The van der Waals surface area contributed by atoms with Crippen LogP contribution in [0.2, 0.25) is 10.0 Å². The highest BCUT2D eigenvalue weighted by Crippen LogP contribution is 2.34. The van der Waals surface area contributed by atoms with Crippen molar-refractivity contribution < 1.29 is 9.90 Å². The molecule has 1 aromatic carbocycles. The van der Waals surface area contributed by atoms with Crippen LogP contribution in [0, 0.1) is 0 Å². The number of phenolic OH excluding ortho intramolecular Hbond substituents is 1. The van der Waals surface area contributed by atoms with Crippen LogP contribution >= 0.6 is 23.2 Å². The molecule has 1 aliphatic rings. The molecular weight excluding hydrogens is 323 g/mol. The number of halogens is 2. The first-order valence-electron chi connectivity index (χ1n) is 6.93. The lowest BCUT2D eigenvalue weighted by Gasteiger charge is -2.18. The molecule has 1 aromatic heterocycles. The zero-order valence-electron chi connectivity index (χ0n) is 11.7. The summed E-state index contributed by atoms with van der Waals surface area (Å²) in [6.45, 7) is 1.21. The normalized spacial score (nSPS) is 17.7. The molecule has 1 fully saturated rings. The van der Waals surface area contributed by atoms with Gasteiger partial charge in [-0.25, -0.2) is 0 Å². The maximum Gasteiger partial charge on any atom is 0.259 e. The molecule has 6 heteroatoms. The van der Waals surface area contributed by atoms with Gasteiger partial charge >= 0.3 is 0 Å².